The zero-order valence-corrected chi connectivity index (χ0v) is 13.0. The van der Waals surface area contributed by atoms with Crippen LogP contribution in [0.5, 0.6) is 0 Å². The molecule has 1 aliphatic rings. The van der Waals surface area contributed by atoms with E-state index >= 15 is 0 Å². The van der Waals surface area contributed by atoms with Crippen LogP contribution in [0, 0.1) is 11.8 Å². The second-order valence-corrected chi connectivity index (χ2v) is 6.68. The zero-order valence-electron chi connectivity index (χ0n) is 13.0. The molecular formula is C15H28N4O. The summed E-state index contributed by atoms with van der Waals surface area (Å²) in [5.41, 5.74) is 5.95. The fourth-order valence-corrected chi connectivity index (χ4v) is 2.90. The maximum atomic E-state index is 5.95. The highest BCUT2D eigenvalue weighted by atomic mass is 16.5. The lowest BCUT2D eigenvalue weighted by atomic mass is 9.86. The van der Waals surface area contributed by atoms with Crippen molar-refractivity contribution in [2.45, 2.75) is 58.5 Å². The third kappa shape index (κ3) is 4.87. The van der Waals surface area contributed by atoms with Crippen LogP contribution < -0.4 is 5.73 Å². The molecule has 1 aliphatic carbocycles. The molecular weight excluding hydrogens is 252 g/mol. The Morgan fingerprint density at radius 2 is 2.00 bits per heavy atom. The van der Waals surface area contributed by atoms with Crippen LogP contribution in [0.4, 0.5) is 0 Å². The first-order chi connectivity index (χ1) is 9.52. The van der Waals surface area contributed by atoms with E-state index in [0.717, 1.165) is 37.1 Å². The van der Waals surface area contributed by atoms with E-state index in [-0.39, 0.29) is 0 Å². The van der Waals surface area contributed by atoms with Crippen molar-refractivity contribution in [3.8, 4) is 0 Å². The van der Waals surface area contributed by atoms with Crippen LogP contribution >= 0.6 is 0 Å². The summed E-state index contributed by atoms with van der Waals surface area (Å²) in [5, 5.41) is 4.07. The maximum Gasteiger partial charge on any atom is 0.226 e. The molecule has 5 nitrogen and oxygen atoms in total. The van der Waals surface area contributed by atoms with Crippen LogP contribution in [0.1, 0.15) is 51.2 Å². The molecule has 5 heteroatoms. The Labute approximate surface area is 121 Å². The summed E-state index contributed by atoms with van der Waals surface area (Å²) in [7, 11) is 2.13. The molecule has 0 bridgehead atoms. The molecule has 1 fully saturated rings. The lowest BCUT2D eigenvalue weighted by molar-refractivity contribution is 0.214. The van der Waals surface area contributed by atoms with Crippen LogP contribution in [-0.2, 0) is 13.0 Å². The largest absolute Gasteiger partial charge is 0.339 e. The van der Waals surface area contributed by atoms with Gasteiger partial charge < -0.3 is 10.3 Å². The van der Waals surface area contributed by atoms with Crippen LogP contribution in [0.25, 0.3) is 0 Å². The highest BCUT2D eigenvalue weighted by Crippen LogP contribution is 2.23. The van der Waals surface area contributed by atoms with Crippen LogP contribution in [0.3, 0.4) is 0 Å². The van der Waals surface area contributed by atoms with Crippen molar-refractivity contribution in [2.24, 2.45) is 17.6 Å². The summed E-state index contributed by atoms with van der Waals surface area (Å²) in [6.07, 6.45) is 5.68. The minimum atomic E-state index is 0.423. The third-order valence-corrected chi connectivity index (χ3v) is 3.97. The van der Waals surface area contributed by atoms with Crippen molar-refractivity contribution >= 4 is 0 Å². The Hall–Kier alpha value is -0.940. The molecule has 1 aromatic rings. The minimum absolute atomic E-state index is 0.423. The molecule has 0 unspecified atom stereocenters. The quantitative estimate of drug-likeness (QED) is 0.865. The van der Waals surface area contributed by atoms with Crippen molar-refractivity contribution < 1.29 is 4.52 Å². The molecule has 1 heterocycles. The lowest BCUT2D eigenvalue weighted by Gasteiger charge is -2.29. The highest BCUT2D eigenvalue weighted by Gasteiger charge is 2.20. The molecule has 1 saturated carbocycles. The number of nitrogens with two attached hydrogens (primary N) is 1. The Balaban J connectivity index is 1.76. The molecule has 2 N–H and O–H groups in total. The van der Waals surface area contributed by atoms with E-state index in [4.69, 9.17) is 10.3 Å². The highest BCUT2D eigenvalue weighted by molar-refractivity contribution is 4.87. The number of nitrogens with zero attached hydrogens (tertiary/aromatic N) is 3. The monoisotopic (exact) mass is 280 g/mol. The fourth-order valence-electron chi connectivity index (χ4n) is 2.90. The number of hydrogen-bond donors (Lipinski definition) is 1. The molecule has 114 valence electrons. The van der Waals surface area contributed by atoms with Gasteiger partial charge in [0.15, 0.2) is 5.82 Å². The molecule has 0 radical (unpaired) electrons. The van der Waals surface area contributed by atoms with Crippen molar-refractivity contribution in [3.05, 3.63) is 11.7 Å². The fraction of sp³-hybridized carbons (Fsp3) is 0.867. The van der Waals surface area contributed by atoms with Gasteiger partial charge in [0.05, 0.1) is 6.54 Å². The van der Waals surface area contributed by atoms with Gasteiger partial charge in [0, 0.05) is 19.0 Å². The normalized spacial score (nSPS) is 23.7. The van der Waals surface area contributed by atoms with E-state index in [1.807, 2.05) is 0 Å². The molecule has 0 aromatic carbocycles. The summed E-state index contributed by atoms with van der Waals surface area (Å²) in [5.74, 6) is 2.87. The van der Waals surface area contributed by atoms with E-state index in [1.165, 1.54) is 25.7 Å². The molecule has 20 heavy (non-hydrogen) atoms. The van der Waals surface area contributed by atoms with Crippen molar-refractivity contribution in [3.63, 3.8) is 0 Å². The molecule has 1 aromatic heterocycles. The van der Waals surface area contributed by atoms with Crippen LogP contribution in [-0.4, -0.2) is 34.7 Å². The first-order valence-corrected chi connectivity index (χ1v) is 7.78. The van der Waals surface area contributed by atoms with Crippen molar-refractivity contribution in [1.82, 2.24) is 15.0 Å². The van der Waals surface area contributed by atoms with Gasteiger partial charge in [-0.3, -0.25) is 4.90 Å². The van der Waals surface area contributed by atoms with Gasteiger partial charge in [-0.25, -0.2) is 0 Å². The molecule has 0 aliphatic heterocycles. The van der Waals surface area contributed by atoms with Gasteiger partial charge in [-0.15, -0.1) is 0 Å². The van der Waals surface area contributed by atoms with E-state index in [1.54, 1.807) is 0 Å². The topological polar surface area (TPSA) is 68.2 Å². The van der Waals surface area contributed by atoms with Crippen LogP contribution in [0.15, 0.2) is 4.52 Å². The third-order valence-electron chi connectivity index (χ3n) is 3.97. The molecule has 2 rings (SSSR count). The zero-order chi connectivity index (χ0) is 14.5. The smallest absolute Gasteiger partial charge is 0.226 e. The standard InChI is InChI=1S/C15H28N4O/c1-11(2)8-15-17-14(18-20-15)10-19(3)9-12-4-6-13(16)7-5-12/h11-13H,4-10,16H2,1-3H3. The van der Waals surface area contributed by atoms with Gasteiger partial charge in [-0.1, -0.05) is 19.0 Å². The second kappa shape index (κ2) is 7.18. The minimum Gasteiger partial charge on any atom is -0.339 e. The Morgan fingerprint density at radius 3 is 2.65 bits per heavy atom. The van der Waals surface area contributed by atoms with Crippen molar-refractivity contribution in [1.29, 1.82) is 0 Å². The first-order valence-electron chi connectivity index (χ1n) is 7.78. The molecule has 0 amide bonds. The van der Waals surface area contributed by atoms with E-state index in [0.29, 0.717) is 12.0 Å². The van der Waals surface area contributed by atoms with Gasteiger partial charge in [0.25, 0.3) is 0 Å². The molecule has 0 saturated heterocycles. The Bertz CT molecular complexity index is 396. The summed E-state index contributed by atoms with van der Waals surface area (Å²) >= 11 is 0. The first kappa shape index (κ1) is 15.4. The van der Waals surface area contributed by atoms with Crippen molar-refractivity contribution in [2.75, 3.05) is 13.6 Å². The average molecular weight is 280 g/mol. The predicted molar refractivity (Wildman–Crippen MR) is 79.1 cm³/mol. The van der Waals surface area contributed by atoms with Gasteiger partial charge in [0.2, 0.25) is 5.89 Å². The average Bonchev–Trinajstić information content (AvgIpc) is 2.78. The summed E-state index contributed by atoms with van der Waals surface area (Å²) in [6.45, 7) is 6.18. The van der Waals surface area contributed by atoms with E-state index < -0.39 is 0 Å². The predicted octanol–water partition coefficient (Wildman–Crippen LogP) is 2.22. The van der Waals surface area contributed by atoms with Gasteiger partial charge in [0.1, 0.15) is 0 Å². The van der Waals surface area contributed by atoms with Gasteiger partial charge >= 0.3 is 0 Å². The van der Waals surface area contributed by atoms with Gasteiger partial charge in [-0.05, 0) is 44.6 Å². The molecule has 0 atom stereocenters. The summed E-state index contributed by atoms with van der Waals surface area (Å²) < 4.78 is 5.28. The van der Waals surface area contributed by atoms with E-state index in [9.17, 15) is 0 Å². The number of aromatic nitrogens is 2. The Kier molecular flexibility index (Phi) is 5.54. The number of rotatable bonds is 6. The lowest BCUT2D eigenvalue weighted by Crippen LogP contribution is -2.32. The maximum absolute atomic E-state index is 5.95. The summed E-state index contributed by atoms with van der Waals surface area (Å²) in [6, 6.07) is 0.423. The van der Waals surface area contributed by atoms with E-state index in [2.05, 4.69) is 35.9 Å². The van der Waals surface area contributed by atoms with Gasteiger partial charge in [-0.2, -0.15) is 4.98 Å². The number of hydrogen-bond acceptors (Lipinski definition) is 5. The Morgan fingerprint density at radius 1 is 1.30 bits per heavy atom. The second-order valence-electron chi connectivity index (χ2n) is 6.68. The molecule has 0 spiro atoms. The van der Waals surface area contributed by atoms with Crippen LogP contribution in [0.2, 0.25) is 0 Å². The summed E-state index contributed by atoms with van der Waals surface area (Å²) in [4.78, 5) is 6.75. The SMILES string of the molecule is CC(C)Cc1nc(CN(C)CC2CCC(N)CC2)no1.